The molecule has 0 spiro atoms. The topological polar surface area (TPSA) is 77.5 Å². The highest BCUT2D eigenvalue weighted by atomic mass is 16.4. The third-order valence-electron chi connectivity index (χ3n) is 4.67. The van der Waals surface area contributed by atoms with Crippen molar-refractivity contribution in [1.29, 1.82) is 0 Å². The van der Waals surface area contributed by atoms with E-state index in [0.717, 1.165) is 11.6 Å². The number of amides is 2. The smallest absolute Gasteiger partial charge is 0.237 e. The van der Waals surface area contributed by atoms with Crippen molar-refractivity contribution < 1.29 is 19.5 Å². The molecule has 1 aliphatic heterocycles. The second kappa shape index (κ2) is 7.35. The fourth-order valence-corrected chi connectivity index (χ4v) is 3.21. The van der Waals surface area contributed by atoms with Gasteiger partial charge in [-0.15, -0.1) is 0 Å². The average Bonchev–Trinajstić information content (AvgIpc) is 2.95. The number of imide groups is 1. The molecular weight excluding hydrogens is 330 g/mol. The van der Waals surface area contributed by atoms with Crippen LogP contribution >= 0.6 is 0 Å². The molecule has 2 unspecified atom stereocenters. The highest BCUT2D eigenvalue weighted by Crippen LogP contribution is 2.35. The summed E-state index contributed by atoms with van der Waals surface area (Å²) in [6.07, 6.45) is 2.51. The van der Waals surface area contributed by atoms with Crippen molar-refractivity contribution in [3.63, 3.8) is 0 Å². The third-order valence-corrected chi connectivity index (χ3v) is 4.67. The summed E-state index contributed by atoms with van der Waals surface area (Å²) in [5.74, 6) is -2.15. The van der Waals surface area contributed by atoms with Crippen molar-refractivity contribution in [3.05, 3.63) is 71.8 Å². The number of rotatable bonds is 5. The van der Waals surface area contributed by atoms with Gasteiger partial charge >= 0.3 is 0 Å². The van der Waals surface area contributed by atoms with Gasteiger partial charge in [0, 0.05) is 6.42 Å². The maximum absolute atomic E-state index is 12.8. The van der Waals surface area contributed by atoms with E-state index in [1.165, 1.54) is 11.0 Å². The number of carbonyl (C=O) groups is 3. The number of hydrogen-bond donors (Lipinski definition) is 0. The number of aliphatic carboxylic acids is 1. The zero-order valence-corrected chi connectivity index (χ0v) is 14.3. The van der Waals surface area contributed by atoms with Crippen LogP contribution in [0.5, 0.6) is 0 Å². The molecule has 132 valence electrons. The first kappa shape index (κ1) is 17.6. The van der Waals surface area contributed by atoms with Gasteiger partial charge < -0.3 is 9.90 Å². The van der Waals surface area contributed by atoms with Crippen LogP contribution < -0.4 is 10.0 Å². The molecule has 0 bridgehead atoms. The maximum Gasteiger partial charge on any atom is 0.237 e. The molecular formula is C21H18NO4-. The lowest BCUT2D eigenvalue weighted by molar-refractivity contribution is -0.297. The summed E-state index contributed by atoms with van der Waals surface area (Å²) in [5.41, 5.74) is 2.17. The Morgan fingerprint density at radius 3 is 2.38 bits per heavy atom. The molecule has 0 radical (unpaired) electrons. The number of hydrogen-bond acceptors (Lipinski definition) is 4. The Balaban J connectivity index is 1.80. The summed E-state index contributed by atoms with van der Waals surface area (Å²) >= 11 is 0. The maximum atomic E-state index is 12.8. The number of benzene rings is 2. The summed E-state index contributed by atoms with van der Waals surface area (Å²) in [5, 5.41) is 10.5. The molecule has 5 nitrogen and oxygen atoms in total. The van der Waals surface area contributed by atoms with Crippen molar-refractivity contribution in [2.24, 2.45) is 5.92 Å². The minimum Gasteiger partial charge on any atom is -0.545 e. The first-order chi connectivity index (χ1) is 12.5. The standard InChI is InChI=1S/C21H19NO4/c1-14(16-5-3-2-4-6-16)18-13-19(23)22(21(18)26)17-10-7-15(8-11-17)9-12-20(24)25/h2-12,14,18H,13H2,1H3,(H,24,25)/p-1. The fourth-order valence-electron chi connectivity index (χ4n) is 3.21. The zero-order valence-electron chi connectivity index (χ0n) is 14.3. The van der Waals surface area contributed by atoms with Gasteiger partial charge in [-0.3, -0.25) is 14.5 Å². The molecule has 0 N–H and O–H groups in total. The van der Waals surface area contributed by atoms with E-state index in [-0.39, 0.29) is 30.1 Å². The number of carboxylic acids is 1. The molecule has 2 amide bonds. The summed E-state index contributed by atoms with van der Waals surface area (Å²) in [6.45, 7) is 1.96. The fraction of sp³-hybridized carbons (Fsp3) is 0.190. The zero-order chi connectivity index (χ0) is 18.7. The van der Waals surface area contributed by atoms with Crippen LogP contribution in [0.3, 0.4) is 0 Å². The molecule has 0 aliphatic carbocycles. The molecule has 1 saturated heterocycles. The Morgan fingerprint density at radius 2 is 1.77 bits per heavy atom. The monoisotopic (exact) mass is 348 g/mol. The van der Waals surface area contributed by atoms with Gasteiger partial charge in [0.15, 0.2) is 0 Å². The van der Waals surface area contributed by atoms with Gasteiger partial charge in [0.1, 0.15) is 0 Å². The lowest BCUT2D eigenvalue weighted by atomic mass is 9.86. The number of carboxylic acid groups (broad SMARTS) is 1. The van der Waals surface area contributed by atoms with E-state index in [0.29, 0.717) is 11.3 Å². The molecule has 0 saturated carbocycles. The van der Waals surface area contributed by atoms with Gasteiger partial charge in [0.2, 0.25) is 11.8 Å². The van der Waals surface area contributed by atoms with Gasteiger partial charge in [-0.25, -0.2) is 0 Å². The van der Waals surface area contributed by atoms with E-state index in [1.807, 2.05) is 37.3 Å². The van der Waals surface area contributed by atoms with Crippen molar-refractivity contribution in [2.75, 3.05) is 4.90 Å². The van der Waals surface area contributed by atoms with Crippen LogP contribution in [0.25, 0.3) is 6.08 Å². The minimum absolute atomic E-state index is 0.0528. The van der Waals surface area contributed by atoms with E-state index in [1.54, 1.807) is 24.3 Å². The summed E-state index contributed by atoms with van der Waals surface area (Å²) < 4.78 is 0. The summed E-state index contributed by atoms with van der Waals surface area (Å²) in [7, 11) is 0. The predicted octanol–water partition coefficient (Wildman–Crippen LogP) is 2.13. The van der Waals surface area contributed by atoms with Crippen molar-refractivity contribution in [3.8, 4) is 0 Å². The van der Waals surface area contributed by atoms with Crippen LogP contribution in [-0.2, 0) is 14.4 Å². The highest BCUT2D eigenvalue weighted by molar-refractivity contribution is 6.21. The van der Waals surface area contributed by atoms with Gasteiger partial charge in [-0.1, -0.05) is 55.5 Å². The molecule has 26 heavy (non-hydrogen) atoms. The van der Waals surface area contributed by atoms with E-state index >= 15 is 0 Å². The van der Waals surface area contributed by atoms with E-state index in [4.69, 9.17) is 0 Å². The van der Waals surface area contributed by atoms with Crippen molar-refractivity contribution >= 4 is 29.5 Å². The third kappa shape index (κ3) is 3.57. The molecule has 3 rings (SSSR count). The Bertz CT molecular complexity index is 855. The second-order valence-corrected chi connectivity index (χ2v) is 6.32. The van der Waals surface area contributed by atoms with Crippen molar-refractivity contribution in [2.45, 2.75) is 19.3 Å². The lowest BCUT2D eigenvalue weighted by Gasteiger charge is -2.19. The lowest BCUT2D eigenvalue weighted by Crippen LogP contribution is -2.31. The molecule has 5 heteroatoms. The van der Waals surface area contributed by atoms with Crippen LogP contribution in [0.15, 0.2) is 60.7 Å². The van der Waals surface area contributed by atoms with Crippen LogP contribution in [-0.4, -0.2) is 17.8 Å². The molecule has 1 aliphatic rings. The number of nitrogens with zero attached hydrogens (tertiary/aromatic N) is 1. The van der Waals surface area contributed by atoms with E-state index in [2.05, 4.69) is 0 Å². The van der Waals surface area contributed by atoms with Crippen LogP contribution in [0, 0.1) is 5.92 Å². The Labute approximate surface area is 151 Å². The van der Waals surface area contributed by atoms with Gasteiger partial charge in [-0.05, 0) is 35.3 Å². The Kier molecular flexibility index (Phi) is 4.98. The van der Waals surface area contributed by atoms with Gasteiger partial charge in [0.05, 0.1) is 17.6 Å². The largest absolute Gasteiger partial charge is 0.545 e. The van der Waals surface area contributed by atoms with Crippen LogP contribution in [0.4, 0.5) is 5.69 Å². The number of anilines is 1. The Hall–Kier alpha value is -3.21. The minimum atomic E-state index is -1.28. The van der Waals surface area contributed by atoms with Gasteiger partial charge in [0.25, 0.3) is 0 Å². The van der Waals surface area contributed by atoms with Gasteiger partial charge in [-0.2, -0.15) is 0 Å². The van der Waals surface area contributed by atoms with Crippen molar-refractivity contribution in [1.82, 2.24) is 0 Å². The second-order valence-electron chi connectivity index (χ2n) is 6.32. The highest BCUT2D eigenvalue weighted by Gasteiger charge is 2.42. The average molecular weight is 348 g/mol. The number of carbonyl (C=O) groups excluding carboxylic acids is 3. The predicted molar refractivity (Wildman–Crippen MR) is 95.9 cm³/mol. The Morgan fingerprint density at radius 1 is 1.12 bits per heavy atom. The summed E-state index contributed by atoms with van der Waals surface area (Å²) in [4.78, 5) is 36.9. The first-order valence-corrected chi connectivity index (χ1v) is 8.38. The SMILES string of the molecule is CC(c1ccccc1)C1CC(=O)N(c2ccc(C=CC(=O)[O-])cc2)C1=O. The molecule has 0 aromatic heterocycles. The normalized spacial score (nSPS) is 18.5. The molecule has 2 aromatic rings. The summed E-state index contributed by atoms with van der Waals surface area (Å²) in [6, 6.07) is 16.3. The quantitative estimate of drug-likeness (QED) is 0.613. The molecule has 2 atom stereocenters. The van der Waals surface area contributed by atoms with Crippen LogP contribution in [0.2, 0.25) is 0 Å². The molecule has 2 aromatic carbocycles. The van der Waals surface area contributed by atoms with E-state index < -0.39 is 5.97 Å². The first-order valence-electron chi connectivity index (χ1n) is 8.38. The van der Waals surface area contributed by atoms with E-state index in [9.17, 15) is 19.5 Å². The molecule has 1 fully saturated rings. The van der Waals surface area contributed by atoms with Crippen LogP contribution in [0.1, 0.15) is 30.4 Å². The molecule has 1 heterocycles.